The minimum absolute atomic E-state index is 0.902. The first-order valence-electron chi connectivity index (χ1n) is 4.35. The lowest BCUT2D eigenvalue weighted by molar-refractivity contribution is 0.950. The summed E-state index contributed by atoms with van der Waals surface area (Å²) >= 11 is 0. The van der Waals surface area contributed by atoms with Crippen molar-refractivity contribution in [2.45, 2.75) is 33.1 Å². The van der Waals surface area contributed by atoms with Gasteiger partial charge in [-0.1, -0.05) is 0 Å². The van der Waals surface area contributed by atoms with E-state index in [1.54, 1.807) is 0 Å². The van der Waals surface area contributed by atoms with Gasteiger partial charge in [-0.05, 0) is 26.7 Å². The van der Waals surface area contributed by atoms with Crippen LogP contribution in [0.25, 0.3) is 0 Å². The molecule has 0 saturated heterocycles. The number of hydrogen-bond donors (Lipinski definition) is 0. The van der Waals surface area contributed by atoms with E-state index >= 15 is 0 Å². The van der Waals surface area contributed by atoms with Crippen LogP contribution in [0.4, 0.5) is 0 Å². The van der Waals surface area contributed by atoms with Crippen molar-refractivity contribution < 1.29 is 0 Å². The molecule has 0 aliphatic carbocycles. The van der Waals surface area contributed by atoms with Crippen molar-refractivity contribution >= 4 is 11.4 Å². The van der Waals surface area contributed by atoms with Crippen LogP contribution in [0.1, 0.15) is 33.1 Å². The Morgan fingerprint density at radius 3 is 3.00 bits per heavy atom. The zero-order valence-electron chi connectivity index (χ0n) is 7.43. The molecule has 2 nitrogen and oxygen atoms in total. The van der Waals surface area contributed by atoms with Crippen molar-refractivity contribution in [3.05, 3.63) is 0 Å². The summed E-state index contributed by atoms with van der Waals surface area (Å²) in [6.07, 6.45) is 3.44. The van der Waals surface area contributed by atoms with Gasteiger partial charge in [0.15, 0.2) is 0 Å². The van der Waals surface area contributed by atoms with Gasteiger partial charge in [0.2, 0.25) is 0 Å². The van der Waals surface area contributed by atoms with E-state index in [1.807, 2.05) is 0 Å². The molecule has 0 saturated carbocycles. The fraction of sp³-hybridized carbons (Fsp3) is 0.778. The average Bonchev–Trinajstić information content (AvgIpc) is 2.40. The lowest BCUT2D eigenvalue weighted by atomic mass is 10.1. The van der Waals surface area contributed by atoms with E-state index in [2.05, 4.69) is 23.8 Å². The summed E-state index contributed by atoms with van der Waals surface area (Å²) in [6, 6.07) is 0. The molecule has 0 aromatic rings. The summed E-state index contributed by atoms with van der Waals surface area (Å²) in [5.74, 6) is 0. The normalized spacial score (nSPS) is 18.7. The standard InChI is InChI=1S/C9H16N2/c1-3-10-8(2)7-9-5-4-6-11-9/h3-7H2,1-2H3. The van der Waals surface area contributed by atoms with Gasteiger partial charge in [-0.15, -0.1) is 0 Å². The van der Waals surface area contributed by atoms with E-state index in [4.69, 9.17) is 0 Å². The summed E-state index contributed by atoms with van der Waals surface area (Å²) in [4.78, 5) is 8.72. The quantitative estimate of drug-likeness (QED) is 0.553. The number of nitrogens with zero attached hydrogens (tertiary/aromatic N) is 2. The SMILES string of the molecule is CCN=C(C)CC1=NCCC1. The maximum absolute atomic E-state index is 4.39. The minimum Gasteiger partial charge on any atom is -0.294 e. The molecule has 1 heterocycles. The molecular formula is C9H16N2. The van der Waals surface area contributed by atoms with Crippen LogP contribution in [-0.4, -0.2) is 24.5 Å². The third-order valence-electron chi connectivity index (χ3n) is 1.85. The Morgan fingerprint density at radius 1 is 1.64 bits per heavy atom. The Labute approximate surface area is 68.4 Å². The van der Waals surface area contributed by atoms with E-state index in [-0.39, 0.29) is 0 Å². The summed E-state index contributed by atoms with van der Waals surface area (Å²) in [5, 5.41) is 0. The Morgan fingerprint density at radius 2 is 2.45 bits per heavy atom. The van der Waals surface area contributed by atoms with Gasteiger partial charge in [-0.3, -0.25) is 9.98 Å². The second-order valence-electron chi connectivity index (χ2n) is 2.94. The van der Waals surface area contributed by atoms with Gasteiger partial charge in [-0.2, -0.15) is 0 Å². The van der Waals surface area contributed by atoms with Crippen molar-refractivity contribution in [1.82, 2.24) is 0 Å². The first-order valence-corrected chi connectivity index (χ1v) is 4.35. The first-order chi connectivity index (χ1) is 5.33. The molecule has 0 aromatic heterocycles. The molecule has 62 valence electrons. The fourth-order valence-electron chi connectivity index (χ4n) is 1.36. The highest BCUT2D eigenvalue weighted by atomic mass is 14.8. The predicted molar refractivity (Wildman–Crippen MR) is 49.8 cm³/mol. The molecule has 0 N–H and O–H groups in total. The molecule has 2 heteroatoms. The third-order valence-corrected chi connectivity index (χ3v) is 1.85. The zero-order valence-corrected chi connectivity index (χ0v) is 7.43. The Hall–Kier alpha value is -0.660. The maximum Gasteiger partial charge on any atom is 0.0392 e. The Balaban J connectivity index is 2.35. The van der Waals surface area contributed by atoms with Crippen LogP contribution in [0.5, 0.6) is 0 Å². The van der Waals surface area contributed by atoms with Gasteiger partial charge in [0.25, 0.3) is 0 Å². The van der Waals surface area contributed by atoms with Crippen molar-refractivity contribution in [2.75, 3.05) is 13.1 Å². The molecule has 11 heavy (non-hydrogen) atoms. The van der Waals surface area contributed by atoms with Gasteiger partial charge in [0.05, 0.1) is 0 Å². The van der Waals surface area contributed by atoms with Crippen molar-refractivity contribution in [3.63, 3.8) is 0 Å². The van der Waals surface area contributed by atoms with Gasteiger partial charge >= 0.3 is 0 Å². The van der Waals surface area contributed by atoms with Crippen LogP contribution >= 0.6 is 0 Å². The molecule has 0 atom stereocenters. The van der Waals surface area contributed by atoms with Crippen molar-refractivity contribution in [1.29, 1.82) is 0 Å². The molecule has 1 aliphatic heterocycles. The predicted octanol–water partition coefficient (Wildman–Crippen LogP) is 2.09. The highest BCUT2D eigenvalue weighted by molar-refractivity contribution is 6.03. The molecule has 1 rings (SSSR count). The van der Waals surface area contributed by atoms with Gasteiger partial charge in [0.1, 0.15) is 0 Å². The van der Waals surface area contributed by atoms with E-state index in [0.717, 1.165) is 19.5 Å². The fourth-order valence-corrected chi connectivity index (χ4v) is 1.36. The smallest absolute Gasteiger partial charge is 0.0392 e. The molecular weight excluding hydrogens is 136 g/mol. The van der Waals surface area contributed by atoms with Crippen LogP contribution in [0.3, 0.4) is 0 Å². The van der Waals surface area contributed by atoms with Crippen LogP contribution < -0.4 is 0 Å². The van der Waals surface area contributed by atoms with Crippen LogP contribution in [0.15, 0.2) is 9.98 Å². The van der Waals surface area contributed by atoms with Crippen molar-refractivity contribution in [2.24, 2.45) is 9.98 Å². The molecule has 0 amide bonds. The van der Waals surface area contributed by atoms with E-state index in [9.17, 15) is 0 Å². The van der Waals surface area contributed by atoms with Crippen LogP contribution in [0.2, 0.25) is 0 Å². The zero-order chi connectivity index (χ0) is 8.10. The van der Waals surface area contributed by atoms with E-state index < -0.39 is 0 Å². The average molecular weight is 152 g/mol. The lowest BCUT2D eigenvalue weighted by Crippen LogP contribution is -2.02. The van der Waals surface area contributed by atoms with Crippen LogP contribution in [-0.2, 0) is 0 Å². The number of rotatable bonds is 3. The second-order valence-corrected chi connectivity index (χ2v) is 2.94. The number of hydrogen-bond acceptors (Lipinski definition) is 2. The summed E-state index contributed by atoms with van der Waals surface area (Å²) in [7, 11) is 0. The molecule has 0 aromatic carbocycles. The third kappa shape index (κ3) is 2.83. The van der Waals surface area contributed by atoms with Crippen LogP contribution in [0, 0.1) is 0 Å². The molecule has 0 unspecified atom stereocenters. The van der Waals surface area contributed by atoms with Crippen molar-refractivity contribution in [3.8, 4) is 0 Å². The molecule has 1 aliphatic rings. The van der Waals surface area contributed by atoms with E-state index in [1.165, 1.54) is 24.3 Å². The molecule has 0 radical (unpaired) electrons. The van der Waals surface area contributed by atoms with Gasteiger partial charge in [-0.25, -0.2) is 0 Å². The second kappa shape index (κ2) is 4.27. The molecule has 0 bridgehead atoms. The molecule has 0 spiro atoms. The monoisotopic (exact) mass is 152 g/mol. The summed E-state index contributed by atoms with van der Waals surface area (Å²) < 4.78 is 0. The highest BCUT2D eigenvalue weighted by Gasteiger charge is 2.06. The Kier molecular flexibility index (Phi) is 3.27. The Bertz CT molecular complexity index is 180. The largest absolute Gasteiger partial charge is 0.294 e. The highest BCUT2D eigenvalue weighted by Crippen LogP contribution is 2.07. The number of aliphatic imine (C=N–C) groups is 2. The summed E-state index contributed by atoms with van der Waals surface area (Å²) in [6.45, 7) is 6.10. The topological polar surface area (TPSA) is 24.7 Å². The first kappa shape index (κ1) is 8.44. The summed E-state index contributed by atoms with van der Waals surface area (Å²) in [5.41, 5.74) is 2.58. The van der Waals surface area contributed by atoms with Gasteiger partial charge < -0.3 is 0 Å². The maximum atomic E-state index is 4.39. The lowest BCUT2D eigenvalue weighted by Gasteiger charge is -1.98. The van der Waals surface area contributed by atoms with E-state index in [0.29, 0.717) is 0 Å². The molecule has 0 fully saturated rings. The van der Waals surface area contributed by atoms with Gasteiger partial charge in [0, 0.05) is 30.9 Å². The minimum atomic E-state index is 0.902.